The minimum Gasteiger partial charge on any atom is -0.391 e. The zero-order valence-electron chi connectivity index (χ0n) is 13.4. The standard InChI is InChI=1S/C17H28N2OS/c1-17(2,3)14-4-6-16(7-5-14)21-13-15(20)12-19-10-8-18-9-11-19/h4-7,15,18,20H,8-13H2,1-3H3. The van der Waals surface area contributed by atoms with E-state index in [0.717, 1.165) is 38.5 Å². The van der Waals surface area contributed by atoms with Crippen LogP contribution in [0.4, 0.5) is 0 Å². The number of nitrogens with one attached hydrogen (secondary N) is 1. The zero-order chi connectivity index (χ0) is 15.3. The normalized spacial score (nSPS) is 18.7. The third kappa shape index (κ3) is 5.62. The summed E-state index contributed by atoms with van der Waals surface area (Å²) < 4.78 is 0. The Morgan fingerprint density at radius 2 is 1.81 bits per heavy atom. The van der Waals surface area contributed by atoms with Crippen molar-refractivity contribution in [1.82, 2.24) is 10.2 Å². The second-order valence-electron chi connectivity index (χ2n) is 6.79. The second-order valence-corrected chi connectivity index (χ2v) is 7.88. The van der Waals surface area contributed by atoms with Crippen LogP contribution in [0, 0.1) is 0 Å². The molecule has 1 heterocycles. The fourth-order valence-corrected chi connectivity index (χ4v) is 3.31. The van der Waals surface area contributed by atoms with Crippen LogP contribution in [-0.2, 0) is 5.41 Å². The lowest BCUT2D eigenvalue weighted by atomic mass is 9.87. The first-order valence-corrected chi connectivity index (χ1v) is 8.78. The lowest BCUT2D eigenvalue weighted by molar-refractivity contribution is 0.121. The topological polar surface area (TPSA) is 35.5 Å². The van der Waals surface area contributed by atoms with E-state index in [4.69, 9.17) is 0 Å². The summed E-state index contributed by atoms with van der Waals surface area (Å²) in [5, 5.41) is 13.5. The van der Waals surface area contributed by atoms with E-state index < -0.39 is 0 Å². The number of piperazine rings is 1. The van der Waals surface area contributed by atoms with Crippen LogP contribution in [0.2, 0.25) is 0 Å². The van der Waals surface area contributed by atoms with E-state index in [2.05, 4.69) is 55.3 Å². The summed E-state index contributed by atoms with van der Waals surface area (Å²) in [6.45, 7) is 11.6. The van der Waals surface area contributed by atoms with Gasteiger partial charge in [-0.1, -0.05) is 32.9 Å². The Balaban J connectivity index is 1.76. The maximum absolute atomic E-state index is 10.2. The first kappa shape index (κ1) is 16.8. The van der Waals surface area contributed by atoms with Gasteiger partial charge in [0.25, 0.3) is 0 Å². The summed E-state index contributed by atoms with van der Waals surface area (Å²) in [7, 11) is 0. The van der Waals surface area contributed by atoms with Crippen molar-refractivity contribution >= 4 is 11.8 Å². The van der Waals surface area contributed by atoms with Gasteiger partial charge in [0.05, 0.1) is 6.10 Å². The maximum Gasteiger partial charge on any atom is 0.0760 e. The molecule has 4 heteroatoms. The quantitative estimate of drug-likeness (QED) is 0.819. The Bertz CT molecular complexity index is 421. The highest BCUT2D eigenvalue weighted by molar-refractivity contribution is 7.99. The first-order chi connectivity index (χ1) is 9.95. The molecule has 1 saturated heterocycles. The van der Waals surface area contributed by atoms with Gasteiger partial charge >= 0.3 is 0 Å². The molecular weight excluding hydrogens is 280 g/mol. The molecular formula is C17H28N2OS. The number of nitrogens with zero attached hydrogens (tertiary/aromatic N) is 1. The highest BCUT2D eigenvalue weighted by Gasteiger charge is 2.15. The number of aliphatic hydroxyl groups is 1. The van der Waals surface area contributed by atoms with Crippen LogP contribution < -0.4 is 5.32 Å². The summed E-state index contributed by atoms with van der Waals surface area (Å²) in [6, 6.07) is 8.74. The first-order valence-electron chi connectivity index (χ1n) is 7.79. The van der Waals surface area contributed by atoms with Gasteiger partial charge in [0, 0.05) is 43.4 Å². The molecule has 2 N–H and O–H groups in total. The molecule has 0 spiro atoms. The number of benzene rings is 1. The Morgan fingerprint density at radius 3 is 2.38 bits per heavy atom. The van der Waals surface area contributed by atoms with Gasteiger partial charge in [-0.25, -0.2) is 0 Å². The smallest absolute Gasteiger partial charge is 0.0760 e. The van der Waals surface area contributed by atoms with Crippen LogP contribution in [-0.4, -0.2) is 54.6 Å². The zero-order valence-corrected chi connectivity index (χ0v) is 14.2. The summed E-state index contributed by atoms with van der Waals surface area (Å²) in [5.41, 5.74) is 1.55. The summed E-state index contributed by atoms with van der Waals surface area (Å²) >= 11 is 1.74. The molecule has 118 valence electrons. The molecule has 21 heavy (non-hydrogen) atoms. The molecule has 0 bridgehead atoms. The molecule has 1 aliphatic heterocycles. The molecule has 1 fully saturated rings. The third-order valence-electron chi connectivity index (χ3n) is 3.84. The van der Waals surface area contributed by atoms with Crippen molar-refractivity contribution in [2.24, 2.45) is 0 Å². The van der Waals surface area contributed by atoms with Crippen molar-refractivity contribution in [3.8, 4) is 0 Å². The third-order valence-corrected chi connectivity index (χ3v) is 5.00. The molecule has 1 aromatic rings. The van der Waals surface area contributed by atoms with Crippen LogP contribution in [0.5, 0.6) is 0 Å². The minimum atomic E-state index is -0.254. The van der Waals surface area contributed by atoms with Crippen LogP contribution >= 0.6 is 11.8 Å². The molecule has 1 aliphatic rings. The predicted molar refractivity (Wildman–Crippen MR) is 91.2 cm³/mol. The molecule has 0 amide bonds. The van der Waals surface area contributed by atoms with Crippen LogP contribution in [0.3, 0.4) is 0 Å². The molecule has 3 nitrogen and oxygen atoms in total. The van der Waals surface area contributed by atoms with Crippen LogP contribution in [0.25, 0.3) is 0 Å². The van der Waals surface area contributed by atoms with Crippen molar-refractivity contribution in [1.29, 1.82) is 0 Å². The minimum absolute atomic E-state index is 0.199. The lowest BCUT2D eigenvalue weighted by Crippen LogP contribution is -2.46. The molecule has 1 atom stereocenters. The SMILES string of the molecule is CC(C)(C)c1ccc(SCC(O)CN2CCNCC2)cc1. The van der Waals surface area contributed by atoms with Gasteiger partial charge in [-0.2, -0.15) is 0 Å². The predicted octanol–water partition coefficient (Wildman–Crippen LogP) is 2.34. The summed E-state index contributed by atoms with van der Waals surface area (Å²) in [6.07, 6.45) is -0.254. The second kappa shape index (κ2) is 7.63. The highest BCUT2D eigenvalue weighted by atomic mass is 32.2. The number of aliphatic hydroxyl groups excluding tert-OH is 1. The van der Waals surface area contributed by atoms with Gasteiger partial charge in [-0.15, -0.1) is 11.8 Å². The number of thioether (sulfide) groups is 1. The van der Waals surface area contributed by atoms with Gasteiger partial charge in [-0.3, -0.25) is 4.90 Å². The van der Waals surface area contributed by atoms with E-state index in [1.807, 2.05) is 0 Å². The fraction of sp³-hybridized carbons (Fsp3) is 0.647. The van der Waals surface area contributed by atoms with Crippen molar-refractivity contribution in [3.05, 3.63) is 29.8 Å². The van der Waals surface area contributed by atoms with Crippen molar-refractivity contribution in [2.75, 3.05) is 38.5 Å². The van der Waals surface area contributed by atoms with E-state index in [9.17, 15) is 5.11 Å². The Labute approximate surface area is 133 Å². The Morgan fingerprint density at radius 1 is 1.19 bits per heavy atom. The fourth-order valence-electron chi connectivity index (χ4n) is 2.49. The molecule has 1 unspecified atom stereocenters. The van der Waals surface area contributed by atoms with E-state index >= 15 is 0 Å². The Hall–Kier alpha value is -0.550. The molecule has 2 rings (SSSR count). The molecule has 1 aromatic carbocycles. The molecule has 0 aliphatic carbocycles. The molecule has 0 aromatic heterocycles. The number of rotatable bonds is 5. The lowest BCUT2D eigenvalue weighted by Gasteiger charge is -2.29. The summed E-state index contributed by atoms with van der Waals surface area (Å²) in [4.78, 5) is 3.58. The average molecular weight is 308 g/mol. The average Bonchev–Trinajstić information content (AvgIpc) is 2.46. The van der Waals surface area contributed by atoms with E-state index in [1.165, 1.54) is 10.5 Å². The van der Waals surface area contributed by atoms with Crippen molar-refractivity contribution in [3.63, 3.8) is 0 Å². The van der Waals surface area contributed by atoms with Gasteiger partial charge in [-0.05, 0) is 23.1 Å². The molecule has 0 saturated carbocycles. The number of β-amino-alcohol motifs (C(OH)–C–C–N with tert-alkyl or cyclic N) is 1. The van der Waals surface area contributed by atoms with Crippen LogP contribution in [0.15, 0.2) is 29.2 Å². The largest absolute Gasteiger partial charge is 0.391 e. The maximum atomic E-state index is 10.2. The van der Waals surface area contributed by atoms with Crippen LogP contribution in [0.1, 0.15) is 26.3 Å². The number of hydrogen-bond acceptors (Lipinski definition) is 4. The van der Waals surface area contributed by atoms with E-state index in [-0.39, 0.29) is 11.5 Å². The van der Waals surface area contributed by atoms with Gasteiger partial charge in [0.15, 0.2) is 0 Å². The van der Waals surface area contributed by atoms with E-state index in [0.29, 0.717) is 0 Å². The van der Waals surface area contributed by atoms with Gasteiger partial charge < -0.3 is 10.4 Å². The summed E-state index contributed by atoms with van der Waals surface area (Å²) in [5.74, 6) is 0.763. The van der Waals surface area contributed by atoms with Gasteiger partial charge in [0.2, 0.25) is 0 Å². The molecule has 0 radical (unpaired) electrons. The number of hydrogen-bond donors (Lipinski definition) is 2. The monoisotopic (exact) mass is 308 g/mol. The van der Waals surface area contributed by atoms with Crippen molar-refractivity contribution in [2.45, 2.75) is 37.2 Å². The van der Waals surface area contributed by atoms with Crippen molar-refractivity contribution < 1.29 is 5.11 Å². The Kier molecular flexibility index (Phi) is 6.11. The highest BCUT2D eigenvalue weighted by Crippen LogP contribution is 2.26. The van der Waals surface area contributed by atoms with Gasteiger partial charge in [0.1, 0.15) is 0 Å². The van der Waals surface area contributed by atoms with E-state index in [1.54, 1.807) is 11.8 Å².